The van der Waals surface area contributed by atoms with Crippen molar-refractivity contribution in [1.29, 1.82) is 0 Å². The fourth-order valence-electron chi connectivity index (χ4n) is 4.92. The molecule has 0 radical (unpaired) electrons. The van der Waals surface area contributed by atoms with Crippen molar-refractivity contribution >= 4 is 11.9 Å². The largest absolute Gasteiger partial charge is 0.414 e. The number of likely N-dealkylation sites (tertiary alicyclic amines) is 1. The van der Waals surface area contributed by atoms with Crippen LogP contribution in [0.3, 0.4) is 0 Å². The molecular weight excluding hydrogens is 376 g/mol. The van der Waals surface area contributed by atoms with Gasteiger partial charge < -0.3 is 9.64 Å². The SMILES string of the molecule is CN(C)C(=O)Oc1cccc2c1CCC1C2CCN1CCCC(=O)c1ccccc1. The lowest BCUT2D eigenvalue weighted by atomic mass is 9.79. The average Bonchev–Trinajstić information content (AvgIpc) is 3.18. The summed E-state index contributed by atoms with van der Waals surface area (Å²) in [5, 5.41) is 0. The predicted octanol–water partition coefficient (Wildman–Crippen LogP) is 4.51. The van der Waals surface area contributed by atoms with Crippen LogP contribution in [0.4, 0.5) is 4.79 Å². The summed E-state index contributed by atoms with van der Waals surface area (Å²) in [6, 6.07) is 16.2. The van der Waals surface area contributed by atoms with Crippen LogP contribution in [0.2, 0.25) is 0 Å². The third-order valence-electron chi connectivity index (χ3n) is 6.43. The van der Waals surface area contributed by atoms with Crippen molar-refractivity contribution < 1.29 is 14.3 Å². The van der Waals surface area contributed by atoms with Crippen LogP contribution in [0.15, 0.2) is 48.5 Å². The lowest BCUT2D eigenvalue weighted by Gasteiger charge is -2.34. The van der Waals surface area contributed by atoms with E-state index < -0.39 is 0 Å². The van der Waals surface area contributed by atoms with Gasteiger partial charge in [-0.2, -0.15) is 0 Å². The fourth-order valence-corrected chi connectivity index (χ4v) is 4.92. The molecule has 30 heavy (non-hydrogen) atoms. The molecule has 158 valence electrons. The Morgan fingerprint density at radius 1 is 1.07 bits per heavy atom. The van der Waals surface area contributed by atoms with E-state index in [0.717, 1.165) is 44.3 Å². The van der Waals surface area contributed by atoms with Gasteiger partial charge in [0.25, 0.3) is 0 Å². The summed E-state index contributed by atoms with van der Waals surface area (Å²) in [6.45, 7) is 2.03. The van der Waals surface area contributed by atoms with E-state index >= 15 is 0 Å². The number of hydrogen-bond donors (Lipinski definition) is 0. The van der Waals surface area contributed by atoms with Gasteiger partial charge in [-0.15, -0.1) is 0 Å². The second kappa shape index (κ2) is 9.00. The summed E-state index contributed by atoms with van der Waals surface area (Å²) < 4.78 is 5.62. The zero-order chi connectivity index (χ0) is 21.1. The number of nitrogens with zero attached hydrogens (tertiary/aromatic N) is 2. The van der Waals surface area contributed by atoms with Crippen molar-refractivity contribution in [3.05, 3.63) is 65.2 Å². The molecule has 4 rings (SSSR count). The van der Waals surface area contributed by atoms with Crippen LogP contribution in [0.5, 0.6) is 5.75 Å². The van der Waals surface area contributed by atoms with Crippen LogP contribution >= 0.6 is 0 Å². The molecule has 5 nitrogen and oxygen atoms in total. The maximum Gasteiger partial charge on any atom is 0.414 e. The number of fused-ring (bicyclic) bond motifs is 3. The fraction of sp³-hybridized carbons (Fsp3) is 0.440. The maximum absolute atomic E-state index is 12.4. The summed E-state index contributed by atoms with van der Waals surface area (Å²) in [7, 11) is 3.40. The lowest BCUT2D eigenvalue weighted by Crippen LogP contribution is -2.36. The van der Waals surface area contributed by atoms with E-state index in [1.54, 1.807) is 14.1 Å². The summed E-state index contributed by atoms with van der Waals surface area (Å²) in [4.78, 5) is 28.4. The molecule has 0 aromatic heterocycles. The van der Waals surface area contributed by atoms with Gasteiger partial charge in [-0.3, -0.25) is 9.69 Å². The van der Waals surface area contributed by atoms with Crippen molar-refractivity contribution in [2.45, 2.75) is 44.1 Å². The van der Waals surface area contributed by atoms with Gasteiger partial charge in [0.05, 0.1) is 0 Å². The van der Waals surface area contributed by atoms with Gasteiger partial charge in [0.1, 0.15) is 5.75 Å². The standard InChI is InChI=1S/C25H30N2O3/c1-26(2)25(29)30-24-12-6-10-19-20-15-17-27(22(20)14-13-21(19)24)16-7-11-23(28)18-8-4-3-5-9-18/h3-6,8-10,12,20,22H,7,11,13-17H2,1-2H3. The van der Waals surface area contributed by atoms with Gasteiger partial charge >= 0.3 is 6.09 Å². The normalized spacial score (nSPS) is 20.3. The summed E-state index contributed by atoms with van der Waals surface area (Å²) in [6.07, 6.45) is 4.27. The molecule has 1 amide bonds. The summed E-state index contributed by atoms with van der Waals surface area (Å²) >= 11 is 0. The Bertz CT molecular complexity index is 910. The summed E-state index contributed by atoms with van der Waals surface area (Å²) in [5.41, 5.74) is 3.33. The number of benzene rings is 2. The zero-order valence-electron chi connectivity index (χ0n) is 17.8. The minimum atomic E-state index is -0.332. The molecule has 2 aromatic rings. The van der Waals surface area contributed by atoms with Gasteiger partial charge in [-0.1, -0.05) is 42.5 Å². The van der Waals surface area contributed by atoms with Gasteiger partial charge in [0, 0.05) is 38.0 Å². The van der Waals surface area contributed by atoms with Crippen molar-refractivity contribution in [1.82, 2.24) is 9.80 Å². The van der Waals surface area contributed by atoms with Crippen LogP contribution in [0, 0.1) is 0 Å². The molecule has 2 atom stereocenters. The highest BCUT2D eigenvalue weighted by atomic mass is 16.6. The first-order valence-electron chi connectivity index (χ1n) is 10.9. The van der Waals surface area contributed by atoms with E-state index in [1.165, 1.54) is 16.0 Å². The van der Waals surface area contributed by atoms with Gasteiger partial charge in [0.2, 0.25) is 0 Å². The number of carbonyl (C=O) groups is 2. The molecule has 2 unspecified atom stereocenters. The highest BCUT2D eigenvalue weighted by molar-refractivity contribution is 5.95. The van der Waals surface area contributed by atoms with Crippen LogP contribution in [-0.4, -0.2) is 54.9 Å². The zero-order valence-corrected chi connectivity index (χ0v) is 17.8. The maximum atomic E-state index is 12.4. The quantitative estimate of drug-likeness (QED) is 0.662. The molecule has 2 aromatic carbocycles. The van der Waals surface area contributed by atoms with E-state index in [4.69, 9.17) is 4.74 Å². The highest BCUT2D eigenvalue weighted by Crippen LogP contribution is 2.44. The number of Topliss-reactive ketones (excluding diaryl/α,β-unsaturated/α-hetero) is 1. The van der Waals surface area contributed by atoms with E-state index in [1.807, 2.05) is 42.5 Å². The van der Waals surface area contributed by atoms with Crippen LogP contribution in [0.1, 0.15) is 53.1 Å². The van der Waals surface area contributed by atoms with E-state index in [-0.39, 0.29) is 11.9 Å². The molecule has 1 aliphatic heterocycles. The molecular formula is C25H30N2O3. The second-order valence-corrected chi connectivity index (χ2v) is 8.52. The third-order valence-corrected chi connectivity index (χ3v) is 6.43. The van der Waals surface area contributed by atoms with Gasteiger partial charge in [-0.25, -0.2) is 4.79 Å². The number of rotatable bonds is 6. The molecule has 0 N–H and O–H groups in total. The smallest absolute Gasteiger partial charge is 0.410 e. The monoisotopic (exact) mass is 406 g/mol. The van der Waals surface area contributed by atoms with Crippen LogP contribution < -0.4 is 4.74 Å². The Balaban J connectivity index is 1.38. The van der Waals surface area contributed by atoms with Gasteiger partial charge in [0.15, 0.2) is 5.78 Å². The Hall–Kier alpha value is -2.66. The molecule has 1 saturated heterocycles. The third kappa shape index (κ3) is 4.26. The van der Waals surface area contributed by atoms with Crippen molar-refractivity contribution in [3.63, 3.8) is 0 Å². The molecule has 1 heterocycles. The molecule has 2 aliphatic rings. The first-order valence-corrected chi connectivity index (χ1v) is 10.9. The van der Waals surface area contributed by atoms with Crippen LogP contribution in [-0.2, 0) is 6.42 Å². The van der Waals surface area contributed by atoms with Crippen molar-refractivity contribution in [2.75, 3.05) is 27.2 Å². The number of ether oxygens (including phenoxy) is 1. The Morgan fingerprint density at radius 3 is 2.63 bits per heavy atom. The number of amides is 1. The van der Waals surface area contributed by atoms with E-state index in [9.17, 15) is 9.59 Å². The minimum Gasteiger partial charge on any atom is -0.410 e. The molecule has 0 spiro atoms. The number of ketones is 1. The summed E-state index contributed by atoms with van der Waals surface area (Å²) in [5.74, 6) is 1.42. The topological polar surface area (TPSA) is 49.9 Å². The minimum absolute atomic E-state index is 0.229. The molecule has 0 bridgehead atoms. The Morgan fingerprint density at radius 2 is 1.87 bits per heavy atom. The number of hydrogen-bond acceptors (Lipinski definition) is 4. The Kier molecular flexibility index (Phi) is 6.18. The first-order chi connectivity index (χ1) is 14.5. The predicted molar refractivity (Wildman–Crippen MR) is 117 cm³/mol. The van der Waals surface area contributed by atoms with Crippen molar-refractivity contribution in [3.8, 4) is 5.75 Å². The van der Waals surface area contributed by atoms with Crippen molar-refractivity contribution in [2.24, 2.45) is 0 Å². The molecule has 0 saturated carbocycles. The van der Waals surface area contributed by atoms with E-state index in [2.05, 4.69) is 11.0 Å². The first kappa shape index (κ1) is 20.6. The lowest BCUT2D eigenvalue weighted by molar-refractivity contribution is 0.0972. The van der Waals surface area contributed by atoms with Gasteiger partial charge in [-0.05, 0) is 56.0 Å². The molecule has 1 fully saturated rings. The highest BCUT2D eigenvalue weighted by Gasteiger charge is 2.39. The Labute approximate surface area is 178 Å². The number of carbonyl (C=O) groups excluding carboxylic acids is 2. The average molecular weight is 407 g/mol. The molecule has 5 heteroatoms. The van der Waals surface area contributed by atoms with Crippen LogP contribution in [0.25, 0.3) is 0 Å². The molecule has 1 aliphatic carbocycles. The van der Waals surface area contributed by atoms with E-state index in [0.29, 0.717) is 24.1 Å². The second-order valence-electron chi connectivity index (χ2n) is 8.52.